The lowest BCUT2D eigenvalue weighted by Gasteiger charge is -2.15. The summed E-state index contributed by atoms with van der Waals surface area (Å²) in [5.41, 5.74) is 5.67. The normalized spacial score (nSPS) is 13.4. The third kappa shape index (κ3) is 5.48. The molecule has 2 atom stereocenters. The molecular formula is C15H24N2O3. The molecule has 5 heteroatoms. The van der Waals surface area contributed by atoms with Gasteiger partial charge in [0.25, 0.3) is 0 Å². The molecule has 0 aromatic heterocycles. The maximum absolute atomic E-state index is 11.7. The second kappa shape index (κ2) is 8.43. The molecule has 1 aromatic carbocycles. The molecule has 0 aliphatic rings. The molecule has 1 amide bonds. The second-order valence-electron chi connectivity index (χ2n) is 4.82. The topological polar surface area (TPSA) is 73.6 Å². The van der Waals surface area contributed by atoms with Gasteiger partial charge in [-0.05, 0) is 25.5 Å². The largest absolute Gasteiger partial charge is 0.497 e. The first-order chi connectivity index (χ1) is 9.54. The number of carbonyl (C=O) groups is 1. The average molecular weight is 280 g/mol. The predicted molar refractivity (Wildman–Crippen MR) is 78.9 cm³/mol. The summed E-state index contributed by atoms with van der Waals surface area (Å²) < 4.78 is 10.7. The molecule has 3 N–H and O–H groups in total. The van der Waals surface area contributed by atoms with Crippen LogP contribution < -0.4 is 20.5 Å². The lowest BCUT2D eigenvalue weighted by Crippen LogP contribution is -2.39. The molecule has 0 radical (unpaired) electrons. The van der Waals surface area contributed by atoms with Crippen molar-refractivity contribution in [1.82, 2.24) is 5.32 Å². The van der Waals surface area contributed by atoms with Gasteiger partial charge in [0, 0.05) is 24.6 Å². The van der Waals surface area contributed by atoms with Gasteiger partial charge in [0.15, 0.2) is 0 Å². The van der Waals surface area contributed by atoms with Gasteiger partial charge >= 0.3 is 0 Å². The van der Waals surface area contributed by atoms with Crippen LogP contribution in [0.3, 0.4) is 0 Å². The fraction of sp³-hybridized carbons (Fsp3) is 0.533. The van der Waals surface area contributed by atoms with Crippen molar-refractivity contribution >= 4 is 5.91 Å². The number of nitrogens with two attached hydrogens (primary N) is 1. The van der Waals surface area contributed by atoms with Crippen LogP contribution in [-0.4, -0.2) is 32.2 Å². The van der Waals surface area contributed by atoms with E-state index in [2.05, 4.69) is 5.32 Å². The smallest absolute Gasteiger partial charge is 0.224 e. The zero-order chi connectivity index (χ0) is 15.0. The fourth-order valence-corrected chi connectivity index (χ4v) is 1.56. The first kappa shape index (κ1) is 16.3. The number of nitrogens with one attached hydrogen (secondary N) is 1. The Kier molecular flexibility index (Phi) is 6.87. The van der Waals surface area contributed by atoms with Gasteiger partial charge in [-0.15, -0.1) is 0 Å². The Morgan fingerprint density at radius 3 is 2.70 bits per heavy atom. The Morgan fingerprint density at radius 1 is 1.35 bits per heavy atom. The van der Waals surface area contributed by atoms with Crippen molar-refractivity contribution in [2.45, 2.75) is 26.3 Å². The lowest BCUT2D eigenvalue weighted by molar-refractivity contribution is -0.124. The predicted octanol–water partition coefficient (Wildman–Crippen LogP) is 1.56. The molecule has 5 nitrogen and oxygen atoms in total. The van der Waals surface area contributed by atoms with Gasteiger partial charge in [0.2, 0.25) is 5.91 Å². The molecule has 0 heterocycles. The first-order valence-corrected chi connectivity index (χ1v) is 6.84. The molecule has 1 rings (SSSR count). The van der Waals surface area contributed by atoms with Crippen LogP contribution in [0.25, 0.3) is 0 Å². The number of hydrogen-bond donors (Lipinski definition) is 2. The SMILES string of the molecule is COc1cccc(OCCCNC(=O)C(C)C(C)N)c1. The molecule has 0 bridgehead atoms. The van der Waals surface area contributed by atoms with Crippen LogP contribution in [0.2, 0.25) is 0 Å². The van der Waals surface area contributed by atoms with Crippen molar-refractivity contribution in [3.63, 3.8) is 0 Å². The van der Waals surface area contributed by atoms with Gasteiger partial charge in [0.1, 0.15) is 11.5 Å². The van der Waals surface area contributed by atoms with E-state index in [0.717, 1.165) is 17.9 Å². The van der Waals surface area contributed by atoms with E-state index < -0.39 is 0 Å². The summed E-state index contributed by atoms with van der Waals surface area (Å²) >= 11 is 0. The number of benzene rings is 1. The fourth-order valence-electron chi connectivity index (χ4n) is 1.56. The summed E-state index contributed by atoms with van der Waals surface area (Å²) in [7, 11) is 1.62. The highest BCUT2D eigenvalue weighted by atomic mass is 16.5. The van der Waals surface area contributed by atoms with Gasteiger partial charge in [0.05, 0.1) is 13.7 Å². The summed E-state index contributed by atoms with van der Waals surface area (Å²) in [5, 5.41) is 2.85. The monoisotopic (exact) mass is 280 g/mol. The van der Waals surface area contributed by atoms with Crippen LogP contribution in [0.5, 0.6) is 11.5 Å². The zero-order valence-corrected chi connectivity index (χ0v) is 12.4. The third-order valence-electron chi connectivity index (χ3n) is 3.13. The van der Waals surface area contributed by atoms with Crippen molar-refractivity contribution in [3.05, 3.63) is 24.3 Å². The van der Waals surface area contributed by atoms with Gasteiger partial charge in [-0.3, -0.25) is 4.79 Å². The van der Waals surface area contributed by atoms with Crippen LogP contribution in [0.15, 0.2) is 24.3 Å². The van der Waals surface area contributed by atoms with Crippen LogP contribution >= 0.6 is 0 Å². The number of methoxy groups -OCH3 is 1. The number of carbonyl (C=O) groups excluding carboxylic acids is 1. The van der Waals surface area contributed by atoms with Gasteiger partial charge < -0.3 is 20.5 Å². The quantitative estimate of drug-likeness (QED) is 0.709. The van der Waals surface area contributed by atoms with E-state index in [1.807, 2.05) is 38.1 Å². The Morgan fingerprint density at radius 2 is 2.05 bits per heavy atom. The van der Waals surface area contributed by atoms with E-state index in [1.54, 1.807) is 7.11 Å². The van der Waals surface area contributed by atoms with Crippen molar-refractivity contribution in [2.24, 2.45) is 11.7 Å². The Labute approximate surface area is 120 Å². The van der Waals surface area contributed by atoms with Crippen LogP contribution in [0.1, 0.15) is 20.3 Å². The van der Waals surface area contributed by atoms with E-state index in [0.29, 0.717) is 13.2 Å². The molecule has 0 saturated carbocycles. The molecule has 1 aromatic rings. The highest BCUT2D eigenvalue weighted by Gasteiger charge is 2.15. The molecule has 0 saturated heterocycles. The molecule has 112 valence electrons. The van der Waals surface area contributed by atoms with Gasteiger partial charge in [-0.25, -0.2) is 0 Å². The Hall–Kier alpha value is -1.75. The van der Waals surface area contributed by atoms with Crippen molar-refractivity contribution in [2.75, 3.05) is 20.3 Å². The number of rotatable bonds is 8. The summed E-state index contributed by atoms with van der Waals surface area (Å²) in [6.07, 6.45) is 0.745. The number of hydrogen-bond acceptors (Lipinski definition) is 4. The van der Waals surface area contributed by atoms with E-state index in [9.17, 15) is 4.79 Å². The van der Waals surface area contributed by atoms with Crippen molar-refractivity contribution in [1.29, 1.82) is 0 Å². The highest BCUT2D eigenvalue weighted by Crippen LogP contribution is 2.18. The zero-order valence-electron chi connectivity index (χ0n) is 12.4. The van der Waals surface area contributed by atoms with Crippen molar-refractivity contribution < 1.29 is 14.3 Å². The summed E-state index contributed by atoms with van der Waals surface area (Å²) in [5.74, 6) is 1.34. The minimum absolute atomic E-state index is 0.0126. The highest BCUT2D eigenvalue weighted by molar-refractivity contribution is 5.78. The average Bonchev–Trinajstić information content (AvgIpc) is 2.45. The first-order valence-electron chi connectivity index (χ1n) is 6.84. The Balaban J connectivity index is 2.20. The molecular weight excluding hydrogens is 256 g/mol. The maximum Gasteiger partial charge on any atom is 0.224 e. The standard InChI is InChI=1S/C15H24N2O3/c1-11(12(2)16)15(18)17-8-5-9-20-14-7-4-6-13(10-14)19-3/h4,6-7,10-12H,5,8-9,16H2,1-3H3,(H,17,18). The molecule has 0 aliphatic carbocycles. The summed E-state index contributed by atoms with van der Waals surface area (Å²) in [4.78, 5) is 11.7. The van der Waals surface area contributed by atoms with Crippen LogP contribution in [0, 0.1) is 5.92 Å². The van der Waals surface area contributed by atoms with Crippen molar-refractivity contribution in [3.8, 4) is 11.5 Å². The number of amides is 1. The third-order valence-corrected chi connectivity index (χ3v) is 3.13. The second-order valence-corrected chi connectivity index (χ2v) is 4.82. The number of ether oxygens (including phenoxy) is 2. The molecule has 2 unspecified atom stereocenters. The van der Waals surface area contributed by atoms with Crippen LogP contribution in [0.4, 0.5) is 0 Å². The molecule has 20 heavy (non-hydrogen) atoms. The maximum atomic E-state index is 11.7. The Bertz CT molecular complexity index is 421. The summed E-state index contributed by atoms with van der Waals surface area (Å²) in [6, 6.07) is 7.31. The van der Waals surface area contributed by atoms with E-state index in [1.165, 1.54) is 0 Å². The lowest BCUT2D eigenvalue weighted by atomic mass is 10.0. The van der Waals surface area contributed by atoms with E-state index in [-0.39, 0.29) is 17.9 Å². The van der Waals surface area contributed by atoms with E-state index >= 15 is 0 Å². The minimum Gasteiger partial charge on any atom is -0.497 e. The van der Waals surface area contributed by atoms with Gasteiger partial charge in [-0.2, -0.15) is 0 Å². The van der Waals surface area contributed by atoms with E-state index in [4.69, 9.17) is 15.2 Å². The van der Waals surface area contributed by atoms with Gasteiger partial charge in [-0.1, -0.05) is 13.0 Å². The minimum atomic E-state index is -0.172. The summed E-state index contributed by atoms with van der Waals surface area (Å²) in [6.45, 7) is 4.78. The molecule has 0 aliphatic heterocycles. The molecule has 0 fully saturated rings. The molecule has 0 spiro atoms. The van der Waals surface area contributed by atoms with Crippen LogP contribution in [-0.2, 0) is 4.79 Å².